The van der Waals surface area contributed by atoms with E-state index in [0.29, 0.717) is 25.6 Å². The second kappa shape index (κ2) is 9.36. The number of nitrogens with zero attached hydrogens (tertiary/aromatic N) is 5. The van der Waals surface area contributed by atoms with E-state index < -0.39 is 0 Å². The van der Waals surface area contributed by atoms with Gasteiger partial charge in [0.05, 0.1) is 23.6 Å². The number of anilines is 1. The van der Waals surface area contributed by atoms with Gasteiger partial charge in [-0.15, -0.1) is 5.10 Å². The zero-order chi connectivity index (χ0) is 20.9. The summed E-state index contributed by atoms with van der Waals surface area (Å²) in [6.45, 7) is 4.29. The summed E-state index contributed by atoms with van der Waals surface area (Å²) < 4.78 is 1.58. The Morgan fingerprint density at radius 2 is 2.00 bits per heavy atom. The average Bonchev–Trinajstić information content (AvgIpc) is 3.30. The van der Waals surface area contributed by atoms with E-state index in [1.54, 1.807) is 17.0 Å². The van der Waals surface area contributed by atoms with Crippen LogP contribution in [0.2, 0.25) is 0 Å². The number of aryl methyl sites for hydroxylation is 1. The van der Waals surface area contributed by atoms with Crippen molar-refractivity contribution in [2.24, 2.45) is 5.92 Å². The molecule has 8 nitrogen and oxygen atoms in total. The van der Waals surface area contributed by atoms with Gasteiger partial charge >= 0.3 is 0 Å². The zero-order valence-corrected chi connectivity index (χ0v) is 17.6. The van der Waals surface area contributed by atoms with Crippen LogP contribution in [-0.4, -0.2) is 45.3 Å². The molecule has 1 saturated heterocycles. The molecule has 2 aliphatic rings. The van der Waals surface area contributed by atoms with Gasteiger partial charge in [0.1, 0.15) is 0 Å². The number of nitrogens with one attached hydrogen (secondary N) is 1. The maximum Gasteiger partial charge on any atom is 0.253 e. The van der Waals surface area contributed by atoms with Crippen LogP contribution >= 0.6 is 0 Å². The minimum Gasteiger partial charge on any atom is -0.354 e. The van der Waals surface area contributed by atoms with Crippen LogP contribution in [0.5, 0.6) is 0 Å². The molecule has 1 unspecified atom stereocenters. The molecule has 0 aromatic carbocycles. The Hall–Kier alpha value is -2.77. The molecule has 2 aromatic heterocycles. The highest BCUT2D eigenvalue weighted by Gasteiger charge is 2.26. The Labute approximate surface area is 176 Å². The predicted octanol–water partition coefficient (Wildman–Crippen LogP) is 2.03. The molecule has 2 aromatic rings. The molecular formula is C22H30N6O2. The second-order valence-electron chi connectivity index (χ2n) is 8.44. The maximum absolute atomic E-state index is 12.7. The molecule has 3 heterocycles. The van der Waals surface area contributed by atoms with Crippen molar-refractivity contribution in [2.45, 2.75) is 57.9 Å². The highest BCUT2D eigenvalue weighted by Crippen LogP contribution is 2.32. The molecular weight excluding hydrogens is 380 g/mol. The third-order valence-corrected chi connectivity index (χ3v) is 6.23. The minimum absolute atomic E-state index is 0.0309. The lowest BCUT2D eigenvalue weighted by atomic mass is 9.97. The number of amides is 1. The van der Waals surface area contributed by atoms with Crippen LogP contribution in [0, 0.1) is 12.8 Å². The lowest BCUT2D eigenvalue weighted by molar-refractivity contribution is -0.125. The van der Waals surface area contributed by atoms with Gasteiger partial charge < -0.3 is 10.2 Å². The number of carbonyl (C=O) groups excluding carboxylic acids is 1. The molecule has 0 bridgehead atoms. The van der Waals surface area contributed by atoms with E-state index in [4.69, 9.17) is 0 Å². The summed E-state index contributed by atoms with van der Waals surface area (Å²) in [5.74, 6) is 1.20. The number of hydrogen-bond acceptors (Lipinski definition) is 6. The summed E-state index contributed by atoms with van der Waals surface area (Å²) in [7, 11) is 0. The van der Waals surface area contributed by atoms with Gasteiger partial charge in [-0.3, -0.25) is 14.2 Å². The molecule has 160 valence electrons. The van der Waals surface area contributed by atoms with Gasteiger partial charge in [-0.1, -0.05) is 12.8 Å². The van der Waals surface area contributed by atoms with Crippen molar-refractivity contribution < 1.29 is 4.79 Å². The van der Waals surface area contributed by atoms with Gasteiger partial charge in [0.25, 0.3) is 5.56 Å². The SMILES string of the molecule is Cc1ccc(N2CCCC(C(=O)NCCn3cnc(C4CCCC4)cc3=O)C2)nn1. The van der Waals surface area contributed by atoms with E-state index in [9.17, 15) is 9.59 Å². The highest BCUT2D eigenvalue weighted by atomic mass is 16.2. The Morgan fingerprint density at radius 3 is 2.73 bits per heavy atom. The first-order valence-corrected chi connectivity index (χ1v) is 11.0. The van der Waals surface area contributed by atoms with Crippen molar-refractivity contribution >= 4 is 11.7 Å². The van der Waals surface area contributed by atoms with Gasteiger partial charge in [0.2, 0.25) is 5.91 Å². The van der Waals surface area contributed by atoms with E-state index in [1.807, 2.05) is 19.1 Å². The standard InChI is InChI=1S/C22H30N6O2/c1-16-8-9-20(26-25-16)27-11-4-7-18(14-27)22(30)23-10-12-28-15-24-19(13-21(28)29)17-5-2-3-6-17/h8-9,13,15,17-18H,2-7,10-12,14H2,1H3,(H,23,30). The van der Waals surface area contributed by atoms with Crippen LogP contribution < -0.4 is 15.8 Å². The molecule has 30 heavy (non-hydrogen) atoms. The number of carbonyl (C=O) groups is 1. The molecule has 4 rings (SSSR count). The van der Waals surface area contributed by atoms with Crippen molar-refractivity contribution in [3.8, 4) is 0 Å². The van der Waals surface area contributed by atoms with Crippen LogP contribution in [0.1, 0.15) is 55.8 Å². The van der Waals surface area contributed by atoms with Crippen molar-refractivity contribution in [2.75, 3.05) is 24.5 Å². The number of aromatic nitrogens is 4. The van der Waals surface area contributed by atoms with Crippen molar-refractivity contribution in [3.05, 3.63) is 46.3 Å². The molecule has 1 N–H and O–H groups in total. The van der Waals surface area contributed by atoms with Crippen LogP contribution in [0.4, 0.5) is 5.82 Å². The van der Waals surface area contributed by atoms with Gasteiger partial charge in [0.15, 0.2) is 5.82 Å². The summed E-state index contributed by atoms with van der Waals surface area (Å²) in [5.41, 5.74) is 1.76. The van der Waals surface area contributed by atoms with Crippen LogP contribution in [-0.2, 0) is 11.3 Å². The first kappa shape index (κ1) is 20.5. The Bertz CT molecular complexity index is 920. The molecule has 8 heteroatoms. The fourth-order valence-electron chi connectivity index (χ4n) is 4.46. The van der Waals surface area contributed by atoms with Crippen molar-refractivity contribution in [1.82, 2.24) is 25.1 Å². The molecule has 0 spiro atoms. The van der Waals surface area contributed by atoms with Crippen molar-refractivity contribution in [1.29, 1.82) is 0 Å². The van der Waals surface area contributed by atoms with E-state index in [1.165, 1.54) is 12.8 Å². The fraction of sp³-hybridized carbons (Fsp3) is 0.591. The van der Waals surface area contributed by atoms with E-state index >= 15 is 0 Å². The first-order valence-electron chi connectivity index (χ1n) is 11.0. The van der Waals surface area contributed by atoms with Crippen LogP contribution in [0.15, 0.2) is 29.3 Å². The number of piperidine rings is 1. The third kappa shape index (κ3) is 4.86. The van der Waals surface area contributed by atoms with Crippen LogP contribution in [0.25, 0.3) is 0 Å². The van der Waals surface area contributed by atoms with Gasteiger partial charge in [-0.25, -0.2) is 4.98 Å². The quantitative estimate of drug-likeness (QED) is 0.783. The summed E-state index contributed by atoms with van der Waals surface area (Å²) >= 11 is 0. The third-order valence-electron chi connectivity index (χ3n) is 6.23. The molecule has 2 fully saturated rings. The summed E-state index contributed by atoms with van der Waals surface area (Å²) in [4.78, 5) is 31.7. The second-order valence-corrected chi connectivity index (χ2v) is 8.44. The molecule has 1 saturated carbocycles. The summed E-state index contributed by atoms with van der Waals surface area (Å²) in [5, 5.41) is 11.3. The van der Waals surface area contributed by atoms with Gasteiger partial charge in [-0.05, 0) is 44.7 Å². The molecule has 1 aliphatic heterocycles. The lowest BCUT2D eigenvalue weighted by Gasteiger charge is -2.32. The zero-order valence-electron chi connectivity index (χ0n) is 17.6. The lowest BCUT2D eigenvalue weighted by Crippen LogP contribution is -2.44. The average molecular weight is 411 g/mol. The van der Waals surface area contributed by atoms with Crippen molar-refractivity contribution in [3.63, 3.8) is 0 Å². The summed E-state index contributed by atoms with van der Waals surface area (Å²) in [6, 6.07) is 5.56. The smallest absolute Gasteiger partial charge is 0.253 e. The van der Waals surface area contributed by atoms with E-state index in [-0.39, 0.29) is 17.4 Å². The fourth-order valence-corrected chi connectivity index (χ4v) is 4.46. The Kier molecular flexibility index (Phi) is 6.40. The monoisotopic (exact) mass is 410 g/mol. The highest BCUT2D eigenvalue weighted by molar-refractivity contribution is 5.79. The maximum atomic E-state index is 12.7. The van der Waals surface area contributed by atoms with Gasteiger partial charge in [-0.2, -0.15) is 5.10 Å². The first-order chi connectivity index (χ1) is 14.6. The molecule has 1 atom stereocenters. The molecule has 1 aliphatic carbocycles. The Morgan fingerprint density at radius 1 is 1.17 bits per heavy atom. The predicted molar refractivity (Wildman–Crippen MR) is 114 cm³/mol. The topological polar surface area (TPSA) is 93.0 Å². The normalized spacial score (nSPS) is 19.8. The number of hydrogen-bond donors (Lipinski definition) is 1. The molecule has 0 radical (unpaired) electrons. The van der Waals surface area contributed by atoms with Crippen LogP contribution in [0.3, 0.4) is 0 Å². The Balaban J connectivity index is 1.28. The molecule has 1 amide bonds. The van der Waals surface area contributed by atoms with Gasteiger partial charge in [0, 0.05) is 38.2 Å². The largest absolute Gasteiger partial charge is 0.354 e. The van der Waals surface area contributed by atoms with E-state index in [0.717, 1.165) is 49.4 Å². The summed E-state index contributed by atoms with van der Waals surface area (Å²) in [6.07, 6.45) is 8.12. The van der Waals surface area contributed by atoms with E-state index in [2.05, 4.69) is 25.4 Å². The number of rotatable bonds is 6. The minimum atomic E-state index is -0.0820.